The Kier molecular flexibility index (Phi) is 5.45. The highest BCUT2D eigenvalue weighted by Crippen LogP contribution is 2.32. The van der Waals surface area contributed by atoms with Crippen molar-refractivity contribution in [2.45, 2.75) is 65.0 Å². The SMILES string of the molecule is Cc1nc([C@@H]2CCCN(Cc3nc4ccccc4n3C(C)C)C2)nc2c1CCC(=O)N2C. The first-order valence-corrected chi connectivity index (χ1v) is 11.7. The van der Waals surface area contributed by atoms with Crippen molar-refractivity contribution in [2.24, 2.45) is 0 Å². The Morgan fingerprint density at radius 3 is 2.75 bits per heavy atom. The van der Waals surface area contributed by atoms with Crippen LogP contribution in [0.1, 0.15) is 68.0 Å². The van der Waals surface area contributed by atoms with E-state index in [4.69, 9.17) is 15.0 Å². The zero-order valence-corrected chi connectivity index (χ0v) is 19.5. The van der Waals surface area contributed by atoms with Crippen LogP contribution in [0.15, 0.2) is 24.3 Å². The first-order valence-electron chi connectivity index (χ1n) is 11.7. The summed E-state index contributed by atoms with van der Waals surface area (Å²) in [6, 6.07) is 8.75. The van der Waals surface area contributed by atoms with Gasteiger partial charge in [0.25, 0.3) is 0 Å². The Bertz CT molecular complexity index is 1170. The number of fused-ring (bicyclic) bond motifs is 2. The van der Waals surface area contributed by atoms with Crippen LogP contribution in [0.3, 0.4) is 0 Å². The van der Waals surface area contributed by atoms with Crippen molar-refractivity contribution >= 4 is 22.8 Å². The van der Waals surface area contributed by atoms with Crippen LogP contribution in [0.4, 0.5) is 5.82 Å². The van der Waals surface area contributed by atoms with E-state index in [0.29, 0.717) is 12.5 Å². The fraction of sp³-hybridized carbons (Fsp3) is 0.520. The van der Waals surface area contributed by atoms with E-state index in [0.717, 1.165) is 73.1 Å². The lowest BCUT2D eigenvalue weighted by molar-refractivity contribution is -0.118. The first-order chi connectivity index (χ1) is 15.4. The number of anilines is 1. The van der Waals surface area contributed by atoms with Crippen LogP contribution in [0, 0.1) is 6.92 Å². The zero-order chi connectivity index (χ0) is 22.4. The van der Waals surface area contributed by atoms with Gasteiger partial charge in [-0.15, -0.1) is 0 Å². The van der Waals surface area contributed by atoms with E-state index in [1.54, 1.807) is 4.90 Å². The average Bonchev–Trinajstić information content (AvgIpc) is 3.14. The van der Waals surface area contributed by atoms with Gasteiger partial charge in [-0.3, -0.25) is 14.6 Å². The van der Waals surface area contributed by atoms with Gasteiger partial charge in [-0.25, -0.2) is 15.0 Å². The fourth-order valence-corrected chi connectivity index (χ4v) is 5.26. The average molecular weight is 433 g/mol. The lowest BCUT2D eigenvalue weighted by atomic mass is 9.96. The Balaban J connectivity index is 1.40. The molecular formula is C25H32N6O. The van der Waals surface area contributed by atoms with Crippen LogP contribution in [0.2, 0.25) is 0 Å². The molecule has 168 valence electrons. The normalized spacial score (nSPS) is 19.7. The van der Waals surface area contributed by atoms with E-state index in [1.165, 1.54) is 5.52 Å². The van der Waals surface area contributed by atoms with Crippen LogP contribution in [0.5, 0.6) is 0 Å². The molecule has 1 atom stereocenters. The molecule has 0 N–H and O–H groups in total. The first kappa shape index (κ1) is 21.1. The number of imidazole rings is 1. The maximum Gasteiger partial charge on any atom is 0.228 e. The Hall–Kier alpha value is -2.80. The number of carbonyl (C=O) groups is 1. The number of hydrogen-bond acceptors (Lipinski definition) is 5. The maximum atomic E-state index is 12.2. The third-order valence-corrected chi connectivity index (χ3v) is 6.91. The van der Waals surface area contributed by atoms with E-state index in [9.17, 15) is 4.79 Å². The van der Waals surface area contributed by atoms with E-state index < -0.39 is 0 Å². The lowest BCUT2D eigenvalue weighted by Gasteiger charge is -2.33. The summed E-state index contributed by atoms with van der Waals surface area (Å²) < 4.78 is 2.36. The number of piperidine rings is 1. The highest BCUT2D eigenvalue weighted by Gasteiger charge is 2.29. The number of para-hydroxylation sites is 2. The predicted octanol–water partition coefficient (Wildman–Crippen LogP) is 4.00. The van der Waals surface area contributed by atoms with Crippen LogP contribution in [0.25, 0.3) is 11.0 Å². The van der Waals surface area contributed by atoms with Crippen LogP contribution < -0.4 is 4.90 Å². The topological polar surface area (TPSA) is 67.2 Å². The van der Waals surface area contributed by atoms with Crippen molar-refractivity contribution in [1.82, 2.24) is 24.4 Å². The summed E-state index contributed by atoms with van der Waals surface area (Å²) in [4.78, 5) is 31.2. The Morgan fingerprint density at radius 1 is 1.12 bits per heavy atom. The van der Waals surface area contributed by atoms with Gasteiger partial charge in [-0.05, 0) is 58.7 Å². The smallest absolute Gasteiger partial charge is 0.228 e. The second-order valence-corrected chi connectivity index (χ2v) is 9.48. The minimum atomic E-state index is 0.138. The number of nitrogens with zero attached hydrogens (tertiary/aromatic N) is 6. The zero-order valence-electron chi connectivity index (χ0n) is 19.5. The number of rotatable bonds is 4. The van der Waals surface area contributed by atoms with Gasteiger partial charge < -0.3 is 4.57 Å². The quantitative estimate of drug-likeness (QED) is 0.623. The van der Waals surface area contributed by atoms with Crippen LogP contribution in [-0.4, -0.2) is 50.5 Å². The molecule has 2 aromatic heterocycles. The Morgan fingerprint density at radius 2 is 1.94 bits per heavy atom. The van der Waals surface area contributed by atoms with Crippen molar-refractivity contribution in [3.8, 4) is 0 Å². The summed E-state index contributed by atoms with van der Waals surface area (Å²) in [5, 5.41) is 0. The summed E-state index contributed by atoms with van der Waals surface area (Å²) in [7, 11) is 1.83. The third-order valence-electron chi connectivity index (χ3n) is 6.91. The fourth-order valence-electron chi connectivity index (χ4n) is 5.26. The number of hydrogen-bond donors (Lipinski definition) is 0. The van der Waals surface area contributed by atoms with E-state index in [-0.39, 0.29) is 11.8 Å². The van der Waals surface area contributed by atoms with Gasteiger partial charge in [0.2, 0.25) is 5.91 Å². The second kappa shape index (κ2) is 8.28. The van der Waals surface area contributed by atoms with E-state index in [1.807, 2.05) is 7.05 Å². The van der Waals surface area contributed by atoms with Crippen molar-refractivity contribution in [3.63, 3.8) is 0 Å². The van der Waals surface area contributed by atoms with Crippen LogP contribution >= 0.6 is 0 Å². The van der Waals surface area contributed by atoms with Crippen molar-refractivity contribution in [3.05, 3.63) is 47.2 Å². The molecule has 0 saturated carbocycles. The lowest BCUT2D eigenvalue weighted by Crippen LogP contribution is -2.37. The van der Waals surface area contributed by atoms with Crippen molar-refractivity contribution < 1.29 is 4.79 Å². The highest BCUT2D eigenvalue weighted by molar-refractivity contribution is 5.94. The third kappa shape index (κ3) is 3.68. The predicted molar refractivity (Wildman–Crippen MR) is 126 cm³/mol. The van der Waals surface area contributed by atoms with E-state index in [2.05, 4.69) is 54.5 Å². The molecule has 1 amide bonds. The van der Waals surface area contributed by atoms with Gasteiger partial charge >= 0.3 is 0 Å². The summed E-state index contributed by atoms with van der Waals surface area (Å²) in [5.74, 6) is 3.22. The van der Waals surface area contributed by atoms with Gasteiger partial charge in [0, 0.05) is 43.2 Å². The molecule has 0 unspecified atom stereocenters. The molecule has 7 nitrogen and oxygen atoms in total. The molecule has 4 heterocycles. The minimum absolute atomic E-state index is 0.138. The van der Waals surface area contributed by atoms with Gasteiger partial charge in [-0.2, -0.15) is 0 Å². The summed E-state index contributed by atoms with van der Waals surface area (Å²) in [6.45, 7) is 9.29. The van der Waals surface area contributed by atoms with Gasteiger partial charge in [0.1, 0.15) is 17.5 Å². The van der Waals surface area contributed by atoms with Gasteiger partial charge in [-0.1, -0.05) is 12.1 Å². The standard InChI is InChI=1S/C25H32N6O/c1-16(2)31-21-10-6-5-9-20(21)27-22(31)15-30-13-7-8-18(14-30)24-26-17(3)19-11-12-23(32)29(4)25(19)28-24/h5-6,9-10,16,18H,7-8,11-15H2,1-4H3/t18-/m1/s1. The van der Waals surface area contributed by atoms with Gasteiger partial charge in [0.05, 0.1) is 17.6 Å². The maximum absolute atomic E-state index is 12.2. The number of amides is 1. The van der Waals surface area contributed by atoms with Crippen molar-refractivity contribution in [2.75, 3.05) is 25.0 Å². The Labute approximate surface area is 189 Å². The van der Waals surface area contributed by atoms with Gasteiger partial charge in [0.15, 0.2) is 0 Å². The molecule has 0 bridgehead atoms. The van der Waals surface area contributed by atoms with E-state index >= 15 is 0 Å². The summed E-state index contributed by atoms with van der Waals surface area (Å²) in [6.07, 6.45) is 3.47. The molecule has 2 aliphatic rings. The summed E-state index contributed by atoms with van der Waals surface area (Å²) >= 11 is 0. The molecule has 7 heteroatoms. The molecule has 3 aromatic rings. The second-order valence-electron chi connectivity index (χ2n) is 9.48. The van der Waals surface area contributed by atoms with Crippen LogP contribution in [-0.2, 0) is 17.8 Å². The number of aryl methyl sites for hydroxylation is 1. The number of benzene rings is 1. The number of carbonyl (C=O) groups excluding carboxylic acids is 1. The number of likely N-dealkylation sites (tertiary alicyclic amines) is 1. The highest BCUT2D eigenvalue weighted by atomic mass is 16.2. The largest absolute Gasteiger partial charge is 0.324 e. The molecule has 0 aliphatic carbocycles. The minimum Gasteiger partial charge on any atom is -0.324 e. The monoisotopic (exact) mass is 432 g/mol. The molecule has 1 saturated heterocycles. The number of aromatic nitrogens is 4. The molecule has 2 aliphatic heterocycles. The molecule has 1 fully saturated rings. The summed E-state index contributed by atoms with van der Waals surface area (Å²) in [5.41, 5.74) is 4.40. The molecule has 0 spiro atoms. The molecule has 1 aromatic carbocycles. The van der Waals surface area contributed by atoms with Crippen molar-refractivity contribution in [1.29, 1.82) is 0 Å². The molecule has 32 heavy (non-hydrogen) atoms. The molecular weight excluding hydrogens is 400 g/mol. The molecule has 5 rings (SSSR count). The molecule has 0 radical (unpaired) electrons.